The van der Waals surface area contributed by atoms with Gasteiger partial charge in [-0.25, -0.2) is 0 Å². The van der Waals surface area contributed by atoms with Crippen molar-refractivity contribution in [2.75, 3.05) is 12.4 Å². The first-order valence-electron chi connectivity index (χ1n) is 7.42. The van der Waals surface area contributed by atoms with Crippen molar-refractivity contribution in [2.24, 2.45) is 0 Å². The first-order chi connectivity index (χ1) is 12.2. The third-order valence-corrected chi connectivity index (χ3v) is 4.57. The van der Waals surface area contributed by atoms with Crippen molar-refractivity contribution in [2.45, 2.75) is 6.61 Å². The lowest BCUT2D eigenvalue weighted by atomic mass is 10.2. The highest BCUT2D eigenvalue weighted by Gasteiger charge is 2.12. The molecule has 0 saturated heterocycles. The lowest BCUT2D eigenvalue weighted by Crippen LogP contribution is -2.10. The number of nitrogens with one attached hydrogen (secondary N) is 1. The van der Waals surface area contributed by atoms with Gasteiger partial charge in [0.1, 0.15) is 6.61 Å². The molecule has 0 bridgehead atoms. The quantitative estimate of drug-likeness (QED) is 0.683. The number of hydrogen-bond donors (Lipinski definition) is 1. The first kappa shape index (κ1) is 17.3. The number of thiophene rings is 1. The number of amides is 1. The van der Waals surface area contributed by atoms with E-state index < -0.39 is 0 Å². The van der Waals surface area contributed by atoms with E-state index in [9.17, 15) is 4.79 Å². The van der Waals surface area contributed by atoms with Gasteiger partial charge >= 0.3 is 0 Å². The number of methoxy groups -OCH3 is 1. The van der Waals surface area contributed by atoms with Crippen LogP contribution in [0.15, 0.2) is 54.9 Å². The Balaban J connectivity index is 1.74. The summed E-state index contributed by atoms with van der Waals surface area (Å²) in [6.45, 7) is 0.349. The minimum Gasteiger partial charge on any atom is -0.493 e. The third-order valence-electron chi connectivity index (χ3n) is 3.34. The average molecular weight is 375 g/mol. The van der Waals surface area contributed by atoms with Crippen LogP contribution in [0.2, 0.25) is 4.34 Å². The highest BCUT2D eigenvalue weighted by Crippen LogP contribution is 2.31. The normalized spacial score (nSPS) is 10.3. The van der Waals surface area contributed by atoms with Crippen LogP contribution in [0.1, 0.15) is 15.2 Å². The molecule has 1 N–H and O–H groups in total. The Hall–Kier alpha value is -2.57. The number of anilines is 1. The number of pyridine rings is 1. The zero-order valence-electron chi connectivity index (χ0n) is 13.4. The van der Waals surface area contributed by atoms with E-state index in [1.165, 1.54) is 11.3 Å². The number of benzene rings is 1. The van der Waals surface area contributed by atoms with Gasteiger partial charge in [-0.3, -0.25) is 9.78 Å². The van der Waals surface area contributed by atoms with Gasteiger partial charge in [-0.05, 0) is 30.3 Å². The second-order valence-corrected chi connectivity index (χ2v) is 6.79. The summed E-state index contributed by atoms with van der Waals surface area (Å²) in [6, 6.07) is 12.4. The van der Waals surface area contributed by atoms with Crippen LogP contribution in [-0.2, 0) is 6.61 Å². The molecule has 0 saturated carbocycles. The maximum atomic E-state index is 12.2. The third kappa shape index (κ3) is 4.49. The number of aromatic nitrogens is 1. The Morgan fingerprint density at radius 2 is 2.12 bits per heavy atom. The fraction of sp³-hybridized carbons (Fsp3) is 0.111. The van der Waals surface area contributed by atoms with Crippen molar-refractivity contribution in [1.29, 1.82) is 0 Å². The molecule has 2 aromatic heterocycles. The monoisotopic (exact) mass is 374 g/mol. The molecule has 25 heavy (non-hydrogen) atoms. The standard InChI is InChI=1S/C18H15ClN2O3S/c1-23-14-5-4-13(21-18(22)16-6-7-17(19)25-16)9-15(14)24-11-12-3-2-8-20-10-12/h2-10H,11H2,1H3,(H,21,22). The van der Waals surface area contributed by atoms with E-state index in [1.807, 2.05) is 12.1 Å². The summed E-state index contributed by atoms with van der Waals surface area (Å²) in [6.07, 6.45) is 3.44. The Bertz CT molecular complexity index is 868. The van der Waals surface area contributed by atoms with Crippen LogP contribution >= 0.6 is 22.9 Å². The maximum absolute atomic E-state index is 12.2. The minimum atomic E-state index is -0.222. The smallest absolute Gasteiger partial charge is 0.265 e. The van der Waals surface area contributed by atoms with Crippen molar-refractivity contribution < 1.29 is 14.3 Å². The number of hydrogen-bond acceptors (Lipinski definition) is 5. The van der Waals surface area contributed by atoms with E-state index in [0.717, 1.165) is 5.56 Å². The zero-order chi connectivity index (χ0) is 17.6. The van der Waals surface area contributed by atoms with Crippen LogP contribution in [0.4, 0.5) is 5.69 Å². The molecule has 0 atom stereocenters. The van der Waals surface area contributed by atoms with Gasteiger partial charge in [-0.2, -0.15) is 0 Å². The van der Waals surface area contributed by atoms with Crippen LogP contribution in [-0.4, -0.2) is 18.0 Å². The Kier molecular flexibility index (Phi) is 5.53. The van der Waals surface area contributed by atoms with Crippen molar-refractivity contribution in [3.8, 4) is 11.5 Å². The Morgan fingerprint density at radius 1 is 1.24 bits per heavy atom. The second-order valence-electron chi connectivity index (χ2n) is 5.07. The summed E-state index contributed by atoms with van der Waals surface area (Å²) < 4.78 is 11.7. The number of halogens is 1. The largest absolute Gasteiger partial charge is 0.493 e. The summed E-state index contributed by atoms with van der Waals surface area (Å²) in [5.74, 6) is 0.898. The molecule has 0 aliphatic heterocycles. The van der Waals surface area contributed by atoms with Gasteiger partial charge in [0.25, 0.3) is 5.91 Å². The zero-order valence-corrected chi connectivity index (χ0v) is 14.9. The van der Waals surface area contributed by atoms with E-state index in [2.05, 4.69) is 10.3 Å². The van der Waals surface area contributed by atoms with Gasteiger partial charge in [-0.1, -0.05) is 17.7 Å². The molecule has 3 aromatic rings. The molecule has 0 unspecified atom stereocenters. The maximum Gasteiger partial charge on any atom is 0.265 e. The number of nitrogens with zero attached hydrogens (tertiary/aromatic N) is 1. The van der Waals surface area contributed by atoms with Gasteiger partial charge in [0, 0.05) is 29.7 Å². The van der Waals surface area contributed by atoms with Gasteiger partial charge in [0.05, 0.1) is 16.3 Å². The molecule has 0 spiro atoms. The van der Waals surface area contributed by atoms with E-state index in [0.29, 0.717) is 33.0 Å². The predicted octanol–water partition coefficient (Wildman–Crippen LogP) is 4.64. The van der Waals surface area contributed by atoms with Gasteiger partial charge < -0.3 is 14.8 Å². The molecular formula is C18H15ClN2O3S. The summed E-state index contributed by atoms with van der Waals surface area (Å²) in [4.78, 5) is 16.8. The van der Waals surface area contributed by atoms with Gasteiger partial charge in [0.2, 0.25) is 0 Å². The molecule has 7 heteroatoms. The predicted molar refractivity (Wildman–Crippen MR) is 98.8 cm³/mol. The molecule has 128 valence electrons. The Morgan fingerprint density at radius 3 is 2.80 bits per heavy atom. The average Bonchev–Trinajstić information content (AvgIpc) is 3.07. The van der Waals surface area contributed by atoms with Crippen LogP contribution in [0.25, 0.3) is 0 Å². The van der Waals surface area contributed by atoms with Crippen molar-refractivity contribution in [1.82, 2.24) is 4.98 Å². The molecule has 3 rings (SSSR count). The molecule has 0 fully saturated rings. The molecular weight excluding hydrogens is 360 g/mol. The van der Waals surface area contributed by atoms with Gasteiger partial charge in [0.15, 0.2) is 11.5 Å². The molecule has 0 aliphatic carbocycles. The molecule has 5 nitrogen and oxygen atoms in total. The fourth-order valence-electron chi connectivity index (χ4n) is 2.14. The van der Waals surface area contributed by atoms with Crippen molar-refractivity contribution >= 4 is 34.5 Å². The molecule has 1 aromatic carbocycles. The van der Waals surface area contributed by atoms with Gasteiger partial charge in [-0.15, -0.1) is 11.3 Å². The second kappa shape index (κ2) is 8.00. The van der Waals surface area contributed by atoms with Crippen LogP contribution in [0, 0.1) is 0 Å². The Labute approximate surface area is 154 Å². The van der Waals surface area contributed by atoms with E-state index >= 15 is 0 Å². The molecule has 0 aliphatic rings. The lowest BCUT2D eigenvalue weighted by molar-refractivity contribution is 0.103. The summed E-state index contributed by atoms with van der Waals surface area (Å²) >= 11 is 7.09. The summed E-state index contributed by atoms with van der Waals surface area (Å²) in [7, 11) is 1.57. The van der Waals surface area contributed by atoms with Crippen molar-refractivity contribution in [3.63, 3.8) is 0 Å². The highest BCUT2D eigenvalue weighted by molar-refractivity contribution is 7.18. The van der Waals surface area contributed by atoms with E-state index in [1.54, 1.807) is 49.8 Å². The minimum absolute atomic E-state index is 0.222. The molecule has 0 radical (unpaired) electrons. The lowest BCUT2D eigenvalue weighted by Gasteiger charge is -2.13. The fourth-order valence-corrected chi connectivity index (χ4v) is 3.08. The molecule has 2 heterocycles. The SMILES string of the molecule is COc1ccc(NC(=O)c2ccc(Cl)s2)cc1OCc1cccnc1. The van der Waals surface area contributed by atoms with Crippen LogP contribution in [0.5, 0.6) is 11.5 Å². The summed E-state index contributed by atoms with van der Waals surface area (Å²) in [5.41, 5.74) is 1.55. The van der Waals surface area contributed by atoms with Crippen LogP contribution in [0.3, 0.4) is 0 Å². The highest BCUT2D eigenvalue weighted by atomic mass is 35.5. The van der Waals surface area contributed by atoms with E-state index in [-0.39, 0.29) is 5.91 Å². The van der Waals surface area contributed by atoms with E-state index in [4.69, 9.17) is 21.1 Å². The number of ether oxygens (including phenoxy) is 2. The summed E-state index contributed by atoms with van der Waals surface area (Å²) in [5, 5.41) is 2.83. The number of carbonyl (C=O) groups is 1. The molecule has 1 amide bonds. The number of rotatable bonds is 6. The topological polar surface area (TPSA) is 60.5 Å². The first-order valence-corrected chi connectivity index (χ1v) is 8.61. The number of carbonyl (C=O) groups excluding carboxylic acids is 1. The van der Waals surface area contributed by atoms with Crippen molar-refractivity contribution in [3.05, 3.63) is 69.6 Å². The van der Waals surface area contributed by atoms with Crippen LogP contribution < -0.4 is 14.8 Å².